The zero-order valence-corrected chi connectivity index (χ0v) is 20.3. The minimum Gasteiger partial charge on any atom is -0.507 e. The molecule has 0 radical (unpaired) electrons. The van der Waals surface area contributed by atoms with E-state index in [-0.39, 0.29) is 23.8 Å². The number of allylic oxidation sites excluding steroid dienone is 2. The number of anilines is 1. The molecule has 33 heavy (non-hydrogen) atoms. The molecule has 8 heteroatoms. The van der Waals surface area contributed by atoms with Crippen LogP contribution in [0, 0.1) is 20.8 Å². The Morgan fingerprint density at radius 3 is 2.70 bits per heavy atom. The van der Waals surface area contributed by atoms with Crippen LogP contribution in [0.1, 0.15) is 71.5 Å². The number of rotatable bonds is 9. The van der Waals surface area contributed by atoms with Gasteiger partial charge in [-0.25, -0.2) is 4.79 Å². The van der Waals surface area contributed by atoms with Crippen molar-refractivity contribution in [3.63, 3.8) is 0 Å². The van der Waals surface area contributed by atoms with Crippen molar-refractivity contribution in [1.29, 1.82) is 0 Å². The standard InChI is InChI=1S/C25H33N3O5/c1-7-12-28-17(5)22(16(4)27-28)26-20(29)11-9-14(2)8-10-18-23(30)21-19(13-33-25(21)31)15(3)24(18)32-6/h8,30H,7,9-13H2,1-6H3,(H,26,29). The summed E-state index contributed by atoms with van der Waals surface area (Å²) in [4.78, 5) is 24.6. The largest absolute Gasteiger partial charge is 0.507 e. The van der Waals surface area contributed by atoms with E-state index in [1.807, 2.05) is 38.5 Å². The van der Waals surface area contributed by atoms with Crippen LogP contribution in [-0.2, 0) is 29.1 Å². The van der Waals surface area contributed by atoms with Gasteiger partial charge < -0.3 is 19.9 Å². The first kappa shape index (κ1) is 24.4. The van der Waals surface area contributed by atoms with Gasteiger partial charge in [0.15, 0.2) is 0 Å². The molecule has 1 amide bonds. The highest BCUT2D eigenvalue weighted by Gasteiger charge is 2.31. The molecule has 0 unspecified atom stereocenters. The number of methoxy groups -OCH3 is 1. The number of benzene rings is 1. The van der Waals surface area contributed by atoms with Crippen LogP contribution in [0.15, 0.2) is 11.6 Å². The normalized spacial score (nSPS) is 13.2. The molecule has 2 aromatic rings. The maximum absolute atomic E-state index is 12.5. The number of fused-ring (bicyclic) bond motifs is 1. The molecular weight excluding hydrogens is 422 g/mol. The zero-order valence-electron chi connectivity index (χ0n) is 20.3. The average molecular weight is 456 g/mol. The zero-order chi connectivity index (χ0) is 24.3. The number of carbonyl (C=O) groups is 2. The molecule has 2 heterocycles. The van der Waals surface area contributed by atoms with Crippen LogP contribution in [0.2, 0.25) is 0 Å². The Morgan fingerprint density at radius 2 is 2.03 bits per heavy atom. The molecule has 0 atom stereocenters. The molecule has 1 aliphatic rings. The van der Waals surface area contributed by atoms with E-state index in [0.29, 0.717) is 36.1 Å². The Labute approximate surface area is 194 Å². The van der Waals surface area contributed by atoms with Crippen molar-refractivity contribution < 1.29 is 24.2 Å². The van der Waals surface area contributed by atoms with Gasteiger partial charge >= 0.3 is 5.97 Å². The molecule has 1 aliphatic heterocycles. The number of hydrogen-bond acceptors (Lipinski definition) is 6. The Morgan fingerprint density at radius 1 is 1.30 bits per heavy atom. The molecule has 0 saturated carbocycles. The van der Waals surface area contributed by atoms with Crippen LogP contribution in [0.3, 0.4) is 0 Å². The lowest BCUT2D eigenvalue weighted by Crippen LogP contribution is -2.13. The van der Waals surface area contributed by atoms with Gasteiger partial charge in [0.2, 0.25) is 5.91 Å². The van der Waals surface area contributed by atoms with Crippen LogP contribution in [0.5, 0.6) is 11.5 Å². The summed E-state index contributed by atoms with van der Waals surface area (Å²) in [5, 5.41) is 18.2. The third-order valence-corrected chi connectivity index (χ3v) is 6.13. The first-order valence-corrected chi connectivity index (χ1v) is 11.3. The number of phenols is 1. The molecule has 0 fully saturated rings. The quantitative estimate of drug-likeness (QED) is 0.426. The number of hydrogen-bond donors (Lipinski definition) is 2. The van der Waals surface area contributed by atoms with E-state index < -0.39 is 5.97 Å². The number of carbonyl (C=O) groups excluding carboxylic acids is 2. The van der Waals surface area contributed by atoms with Gasteiger partial charge in [-0.05, 0) is 52.5 Å². The summed E-state index contributed by atoms with van der Waals surface area (Å²) in [5.41, 5.74) is 5.80. The van der Waals surface area contributed by atoms with Gasteiger partial charge in [-0.15, -0.1) is 0 Å². The van der Waals surface area contributed by atoms with E-state index in [0.717, 1.165) is 41.2 Å². The van der Waals surface area contributed by atoms with Crippen LogP contribution in [0.25, 0.3) is 0 Å². The second kappa shape index (κ2) is 10.1. The molecule has 8 nitrogen and oxygen atoms in total. The lowest BCUT2D eigenvalue weighted by molar-refractivity contribution is -0.116. The third kappa shape index (κ3) is 4.89. The fourth-order valence-electron chi connectivity index (χ4n) is 4.23. The van der Waals surface area contributed by atoms with Crippen molar-refractivity contribution in [2.75, 3.05) is 12.4 Å². The number of aromatic nitrogens is 2. The Bertz CT molecular complexity index is 1110. The molecule has 1 aromatic carbocycles. The highest BCUT2D eigenvalue weighted by molar-refractivity contribution is 5.98. The molecule has 0 saturated heterocycles. The number of ether oxygens (including phenoxy) is 2. The minimum atomic E-state index is -0.514. The second-order valence-electron chi connectivity index (χ2n) is 8.49. The van der Waals surface area contributed by atoms with E-state index in [1.165, 1.54) is 0 Å². The summed E-state index contributed by atoms with van der Waals surface area (Å²) in [6.07, 6.45) is 4.21. The summed E-state index contributed by atoms with van der Waals surface area (Å²) in [6, 6.07) is 0. The number of phenolic OH excluding ortho intramolecular Hbond substituents is 1. The number of cyclic esters (lactones) is 1. The predicted octanol–water partition coefficient (Wildman–Crippen LogP) is 4.51. The van der Waals surface area contributed by atoms with Crippen LogP contribution >= 0.6 is 0 Å². The van der Waals surface area contributed by atoms with Crippen molar-refractivity contribution in [3.05, 3.63) is 45.3 Å². The smallest absolute Gasteiger partial charge is 0.342 e. The molecular formula is C25H33N3O5. The molecule has 0 aliphatic carbocycles. The number of nitrogens with one attached hydrogen (secondary N) is 1. The number of aromatic hydroxyl groups is 1. The SMILES string of the molecule is CCCn1nc(C)c(NC(=O)CCC(C)=CCc2c(O)c3c(c(C)c2OC)COC3=O)c1C. The van der Waals surface area contributed by atoms with Crippen molar-refractivity contribution in [1.82, 2.24) is 9.78 Å². The minimum absolute atomic E-state index is 0.0680. The van der Waals surface area contributed by atoms with Gasteiger partial charge in [0, 0.05) is 24.1 Å². The molecule has 0 spiro atoms. The number of aryl methyl sites for hydroxylation is 2. The van der Waals surface area contributed by atoms with Crippen LogP contribution < -0.4 is 10.1 Å². The van der Waals surface area contributed by atoms with E-state index in [2.05, 4.69) is 17.3 Å². The fraction of sp³-hybridized carbons (Fsp3) is 0.480. The van der Waals surface area contributed by atoms with E-state index in [9.17, 15) is 14.7 Å². The third-order valence-electron chi connectivity index (χ3n) is 6.13. The van der Waals surface area contributed by atoms with E-state index in [1.54, 1.807) is 7.11 Å². The topological polar surface area (TPSA) is 103 Å². The first-order chi connectivity index (χ1) is 15.7. The van der Waals surface area contributed by atoms with Crippen molar-refractivity contribution >= 4 is 17.6 Å². The van der Waals surface area contributed by atoms with Gasteiger partial charge in [-0.1, -0.05) is 18.6 Å². The highest BCUT2D eigenvalue weighted by Crippen LogP contribution is 2.42. The molecule has 1 aromatic heterocycles. The van der Waals surface area contributed by atoms with Crippen LogP contribution in [-0.4, -0.2) is 33.9 Å². The maximum atomic E-state index is 12.5. The summed E-state index contributed by atoms with van der Waals surface area (Å²) >= 11 is 0. The predicted molar refractivity (Wildman–Crippen MR) is 126 cm³/mol. The summed E-state index contributed by atoms with van der Waals surface area (Å²) in [6.45, 7) is 10.7. The molecule has 3 rings (SSSR count). The maximum Gasteiger partial charge on any atom is 0.342 e. The van der Waals surface area contributed by atoms with Gasteiger partial charge in [0.25, 0.3) is 0 Å². The van der Waals surface area contributed by atoms with Gasteiger partial charge in [-0.2, -0.15) is 5.10 Å². The number of nitrogens with zero attached hydrogens (tertiary/aromatic N) is 2. The Balaban J connectivity index is 1.67. The van der Waals surface area contributed by atoms with Crippen molar-refractivity contribution in [2.24, 2.45) is 0 Å². The lowest BCUT2D eigenvalue weighted by atomic mass is 9.94. The van der Waals surface area contributed by atoms with Gasteiger partial charge in [0.1, 0.15) is 23.7 Å². The Hall–Kier alpha value is -3.29. The summed E-state index contributed by atoms with van der Waals surface area (Å²) in [7, 11) is 1.54. The number of esters is 1. The van der Waals surface area contributed by atoms with Crippen molar-refractivity contribution in [3.8, 4) is 11.5 Å². The van der Waals surface area contributed by atoms with E-state index in [4.69, 9.17) is 9.47 Å². The Kier molecular flexibility index (Phi) is 7.46. The summed E-state index contributed by atoms with van der Waals surface area (Å²) in [5.74, 6) is -0.116. The number of amides is 1. The van der Waals surface area contributed by atoms with E-state index >= 15 is 0 Å². The van der Waals surface area contributed by atoms with Gasteiger partial charge in [0.05, 0.1) is 24.2 Å². The highest BCUT2D eigenvalue weighted by atomic mass is 16.5. The van der Waals surface area contributed by atoms with Gasteiger partial charge in [-0.3, -0.25) is 9.48 Å². The lowest BCUT2D eigenvalue weighted by Gasteiger charge is -2.15. The second-order valence-corrected chi connectivity index (χ2v) is 8.49. The average Bonchev–Trinajstić information content (AvgIpc) is 3.29. The van der Waals surface area contributed by atoms with Crippen LogP contribution in [0.4, 0.5) is 5.69 Å². The monoisotopic (exact) mass is 455 g/mol. The van der Waals surface area contributed by atoms with Crippen molar-refractivity contribution in [2.45, 2.75) is 73.5 Å². The first-order valence-electron chi connectivity index (χ1n) is 11.3. The molecule has 2 N–H and O–H groups in total. The molecule has 178 valence electrons. The summed E-state index contributed by atoms with van der Waals surface area (Å²) < 4.78 is 12.5. The fourth-order valence-corrected chi connectivity index (χ4v) is 4.23. The molecule has 0 bridgehead atoms.